The fourth-order valence-corrected chi connectivity index (χ4v) is 1.62. The first-order valence-electron chi connectivity index (χ1n) is 3.94. The van der Waals surface area contributed by atoms with E-state index in [-0.39, 0.29) is 12.3 Å². The molecule has 0 saturated heterocycles. The molecule has 0 spiro atoms. The Balaban J connectivity index is 0.000000337. The lowest BCUT2D eigenvalue weighted by Crippen LogP contribution is -1.87. The lowest BCUT2D eigenvalue weighted by atomic mass is 10.3. The van der Waals surface area contributed by atoms with Crippen LogP contribution in [0.2, 0.25) is 0 Å². The third-order valence-corrected chi connectivity index (χ3v) is 2.19. The average Bonchev–Trinajstić information content (AvgIpc) is 2.48. The summed E-state index contributed by atoms with van der Waals surface area (Å²) in [6.07, 6.45) is 1.60. The Kier molecular flexibility index (Phi) is 3.79. The summed E-state index contributed by atoms with van der Waals surface area (Å²) in [5.74, 6) is -0.251. The second-order valence-electron chi connectivity index (χ2n) is 2.72. The number of hydrogen-bond donors (Lipinski definition) is 1. The van der Waals surface area contributed by atoms with E-state index in [2.05, 4.69) is 20.9 Å². The number of carboxylic acid groups (broad SMARTS) is 1. The van der Waals surface area contributed by atoms with Gasteiger partial charge in [0, 0.05) is 11.5 Å². The van der Waals surface area contributed by atoms with Crippen LogP contribution in [0.4, 0.5) is 4.39 Å². The maximum atomic E-state index is 13.3. The second kappa shape index (κ2) is 4.88. The van der Waals surface area contributed by atoms with Crippen LogP contribution in [0.1, 0.15) is 0 Å². The molecule has 0 aliphatic rings. The van der Waals surface area contributed by atoms with Gasteiger partial charge in [0.1, 0.15) is 11.3 Å². The second-order valence-corrected chi connectivity index (χ2v) is 3.63. The van der Waals surface area contributed by atoms with Gasteiger partial charge in [-0.05, 0) is 12.1 Å². The van der Waals surface area contributed by atoms with Crippen LogP contribution in [0.15, 0.2) is 22.9 Å². The van der Waals surface area contributed by atoms with Gasteiger partial charge < -0.3 is 9.67 Å². The van der Waals surface area contributed by atoms with Crippen molar-refractivity contribution in [1.82, 2.24) is 9.55 Å². The number of fused-ring (bicyclic) bond motifs is 1. The molecule has 0 aliphatic carbocycles. The lowest BCUT2D eigenvalue weighted by molar-refractivity contribution is -0.122. The van der Waals surface area contributed by atoms with E-state index in [0.29, 0.717) is 15.5 Å². The fourth-order valence-electron chi connectivity index (χ4n) is 1.21. The van der Waals surface area contributed by atoms with Crippen LogP contribution in [0.3, 0.4) is 0 Å². The SMILES string of the molecule is Cn1cnc2cc(Br)cc(F)c21.O=CO. The summed E-state index contributed by atoms with van der Waals surface area (Å²) < 4.78 is 15.6. The molecule has 15 heavy (non-hydrogen) atoms. The standard InChI is InChI=1S/C8H6BrFN2.CH2O2/c1-12-4-11-7-3-5(9)2-6(10)8(7)12;2-1-3/h2-4H,1H3;1H,(H,2,3). The van der Waals surface area contributed by atoms with Gasteiger partial charge in [0.05, 0.1) is 11.8 Å². The number of rotatable bonds is 0. The predicted octanol–water partition coefficient (Wildman–Crippen LogP) is 2.18. The van der Waals surface area contributed by atoms with E-state index in [4.69, 9.17) is 9.90 Å². The van der Waals surface area contributed by atoms with Crippen LogP contribution in [0.25, 0.3) is 11.0 Å². The molecule has 1 N–H and O–H groups in total. The molecule has 0 fully saturated rings. The molecule has 2 rings (SSSR count). The Morgan fingerprint density at radius 2 is 2.20 bits per heavy atom. The molecule has 1 aromatic carbocycles. The first-order valence-corrected chi connectivity index (χ1v) is 4.73. The highest BCUT2D eigenvalue weighted by atomic mass is 79.9. The summed E-state index contributed by atoms with van der Waals surface area (Å²) in [5, 5.41) is 6.89. The van der Waals surface area contributed by atoms with Crippen molar-refractivity contribution in [2.45, 2.75) is 0 Å². The maximum absolute atomic E-state index is 13.3. The summed E-state index contributed by atoms with van der Waals surface area (Å²) in [4.78, 5) is 12.4. The zero-order valence-electron chi connectivity index (χ0n) is 7.82. The topological polar surface area (TPSA) is 55.1 Å². The molecular weight excluding hydrogens is 267 g/mol. The van der Waals surface area contributed by atoms with Gasteiger partial charge in [-0.1, -0.05) is 15.9 Å². The Hall–Kier alpha value is -1.43. The Bertz CT molecular complexity index is 484. The molecular formula is C9H8BrFN2O2. The minimum Gasteiger partial charge on any atom is -0.483 e. The van der Waals surface area contributed by atoms with E-state index in [1.165, 1.54) is 6.07 Å². The quantitative estimate of drug-likeness (QED) is 0.750. The van der Waals surface area contributed by atoms with Crippen LogP contribution in [0.5, 0.6) is 0 Å². The van der Waals surface area contributed by atoms with E-state index in [1.807, 2.05) is 0 Å². The smallest absolute Gasteiger partial charge is 0.290 e. The summed E-state index contributed by atoms with van der Waals surface area (Å²) in [6.45, 7) is -0.250. The highest BCUT2D eigenvalue weighted by Crippen LogP contribution is 2.21. The van der Waals surface area contributed by atoms with Crippen molar-refractivity contribution in [3.63, 3.8) is 0 Å². The maximum Gasteiger partial charge on any atom is 0.290 e. The summed E-state index contributed by atoms with van der Waals surface area (Å²) in [5.41, 5.74) is 1.21. The molecule has 0 unspecified atom stereocenters. The van der Waals surface area contributed by atoms with E-state index in [1.54, 1.807) is 24.0 Å². The van der Waals surface area contributed by atoms with Gasteiger partial charge in [0.2, 0.25) is 0 Å². The number of benzene rings is 1. The molecule has 0 atom stereocenters. The van der Waals surface area contributed by atoms with E-state index >= 15 is 0 Å². The molecule has 0 amide bonds. The van der Waals surface area contributed by atoms with E-state index in [9.17, 15) is 4.39 Å². The van der Waals surface area contributed by atoms with Gasteiger partial charge in [-0.25, -0.2) is 9.37 Å². The largest absolute Gasteiger partial charge is 0.483 e. The number of imidazole rings is 1. The molecule has 0 aliphatic heterocycles. The average molecular weight is 275 g/mol. The number of carbonyl (C=O) groups is 1. The van der Waals surface area contributed by atoms with Crippen molar-refractivity contribution in [2.24, 2.45) is 7.05 Å². The van der Waals surface area contributed by atoms with Crippen molar-refractivity contribution in [2.75, 3.05) is 0 Å². The minimum absolute atomic E-state index is 0.250. The normalized spacial score (nSPS) is 9.53. The molecule has 0 bridgehead atoms. The molecule has 2 aromatic rings. The fraction of sp³-hybridized carbons (Fsp3) is 0.111. The number of nitrogens with zero attached hydrogens (tertiary/aromatic N) is 2. The molecule has 6 heteroatoms. The molecule has 0 saturated carbocycles. The van der Waals surface area contributed by atoms with E-state index in [0.717, 1.165) is 0 Å². The van der Waals surface area contributed by atoms with Crippen molar-refractivity contribution in [3.8, 4) is 0 Å². The first-order chi connectivity index (χ1) is 7.10. The molecule has 0 radical (unpaired) electrons. The van der Waals surface area contributed by atoms with Gasteiger partial charge in [-0.15, -0.1) is 0 Å². The van der Waals surface area contributed by atoms with Gasteiger partial charge >= 0.3 is 0 Å². The Labute approximate surface area is 93.5 Å². The highest BCUT2D eigenvalue weighted by molar-refractivity contribution is 9.10. The third-order valence-electron chi connectivity index (χ3n) is 1.73. The minimum atomic E-state index is -0.251. The number of aromatic nitrogens is 2. The van der Waals surface area contributed by atoms with Gasteiger partial charge in [-0.3, -0.25) is 4.79 Å². The molecule has 4 nitrogen and oxygen atoms in total. The lowest BCUT2D eigenvalue weighted by Gasteiger charge is -1.96. The van der Waals surface area contributed by atoms with Crippen LogP contribution in [-0.4, -0.2) is 21.1 Å². The van der Waals surface area contributed by atoms with E-state index < -0.39 is 0 Å². The monoisotopic (exact) mass is 274 g/mol. The molecule has 1 heterocycles. The van der Waals surface area contributed by atoms with Gasteiger partial charge in [-0.2, -0.15) is 0 Å². The zero-order chi connectivity index (χ0) is 11.4. The summed E-state index contributed by atoms with van der Waals surface area (Å²) in [6, 6.07) is 3.22. The van der Waals surface area contributed by atoms with Gasteiger partial charge in [0.25, 0.3) is 6.47 Å². The third kappa shape index (κ3) is 2.53. The summed E-state index contributed by atoms with van der Waals surface area (Å²) >= 11 is 3.20. The van der Waals surface area contributed by atoms with Gasteiger partial charge in [0.15, 0.2) is 0 Å². The Morgan fingerprint density at radius 1 is 1.60 bits per heavy atom. The molecule has 1 aromatic heterocycles. The summed E-state index contributed by atoms with van der Waals surface area (Å²) in [7, 11) is 1.77. The Morgan fingerprint density at radius 3 is 2.80 bits per heavy atom. The van der Waals surface area contributed by atoms with Crippen molar-refractivity contribution in [1.29, 1.82) is 0 Å². The van der Waals surface area contributed by atoms with Crippen LogP contribution < -0.4 is 0 Å². The number of halogens is 2. The number of aryl methyl sites for hydroxylation is 1. The van der Waals surface area contributed by atoms with Crippen LogP contribution in [0, 0.1) is 5.82 Å². The van der Waals surface area contributed by atoms with Crippen LogP contribution >= 0.6 is 15.9 Å². The zero-order valence-corrected chi connectivity index (χ0v) is 9.40. The van der Waals surface area contributed by atoms with Crippen LogP contribution in [-0.2, 0) is 11.8 Å². The highest BCUT2D eigenvalue weighted by Gasteiger charge is 2.06. The van der Waals surface area contributed by atoms with Crippen molar-refractivity contribution >= 4 is 33.4 Å². The van der Waals surface area contributed by atoms with Crippen molar-refractivity contribution in [3.05, 3.63) is 28.7 Å². The first kappa shape index (κ1) is 11.6. The molecule has 80 valence electrons. The predicted molar refractivity (Wildman–Crippen MR) is 57.1 cm³/mol. The van der Waals surface area contributed by atoms with Crippen molar-refractivity contribution < 1.29 is 14.3 Å². The number of hydrogen-bond acceptors (Lipinski definition) is 2.